The maximum absolute atomic E-state index is 12.9. The molecule has 2 N–H and O–H groups in total. The van der Waals surface area contributed by atoms with Crippen LogP contribution in [-0.2, 0) is 4.74 Å². The van der Waals surface area contributed by atoms with E-state index in [-0.39, 0.29) is 16.4 Å². The molecule has 0 bridgehead atoms. The second kappa shape index (κ2) is 9.64. The van der Waals surface area contributed by atoms with E-state index in [2.05, 4.69) is 24.5 Å². The van der Waals surface area contributed by atoms with Crippen molar-refractivity contribution in [2.75, 3.05) is 36.5 Å². The minimum Gasteiger partial charge on any atom is -0.378 e. The molecule has 3 rings (SSSR count). The monoisotopic (exact) mass is 428 g/mol. The van der Waals surface area contributed by atoms with Crippen molar-refractivity contribution in [2.24, 2.45) is 0 Å². The van der Waals surface area contributed by atoms with Gasteiger partial charge >= 0.3 is 0 Å². The van der Waals surface area contributed by atoms with Gasteiger partial charge in [0.05, 0.1) is 29.4 Å². The Bertz CT molecular complexity index is 941. The zero-order chi connectivity index (χ0) is 21.7. The highest BCUT2D eigenvalue weighted by molar-refractivity contribution is 7.80. The third-order valence-corrected chi connectivity index (χ3v) is 5.05. The van der Waals surface area contributed by atoms with Crippen LogP contribution in [0.25, 0.3) is 0 Å². The van der Waals surface area contributed by atoms with Gasteiger partial charge in [0.15, 0.2) is 5.11 Å². The minimum absolute atomic E-state index is 0.122. The number of anilines is 2. The Balaban J connectivity index is 1.76. The maximum atomic E-state index is 12.9. The molecule has 1 aliphatic heterocycles. The molecule has 0 aliphatic carbocycles. The molecule has 0 atom stereocenters. The van der Waals surface area contributed by atoms with E-state index in [4.69, 9.17) is 17.0 Å². The average molecular weight is 429 g/mol. The van der Waals surface area contributed by atoms with Crippen molar-refractivity contribution in [1.82, 2.24) is 5.32 Å². The molecule has 1 heterocycles. The summed E-state index contributed by atoms with van der Waals surface area (Å²) in [6.45, 7) is 6.48. The molecule has 0 aromatic heterocycles. The third-order valence-electron chi connectivity index (χ3n) is 4.85. The van der Waals surface area contributed by atoms with Crippen LogP contribution in [-0.4, -0.2) is 42.2 Å². The van der Waals surface area contributed by atoms with Gasteiger partial charge in [0.25, 0.3) is 11.6 Å². The number of non-ortho nitro benzene ring substituents is 1. The van der Waals surface area contributed by atoms with Crippen LogP contribution in [0.5, 0.6) is 0 Å². The number of nitrogens with zero attached hydrogens (tertiary/aromatic N) is 2. The summed E-state index contributed by atoms with van der Waals surface area (Å²) in [5.74, 6) is -0.0883. The van der Waals surface area contributed by atoms with Crippen LogP contribution in [0.3, 0.4) is 0 Å². The number of morpholine rings is 1. The standard InChI is InChI=1S/C21H24N4O4S/c1-14(2)15-3-5-16(6-4-15)22-21(30)23-20(26)18-13-17(25(27)28)7-8-19(18)24-9-11-29-12-10-24/h3-8,13-14H,9-12H2,1-2H3,(H2,22,23,26,30). The van der Waals surface area contributed by atoms with Crippen molar-refractivity contribution in [1.29, 1.82) is 0 Å². The molecule has 9 heteroatoms. The molecule has 2 aromatic carbocycles. The Hall–Kier alpha value is -3.04. The van der Waals surface area contributed by atoms with Crippen molar-refractivity contribution >= 4 is 40.3 Å². The number of nitro benzene ring substituents is 1. The molecular formula is C21H24N4O4S. The van der Waals surface area contributed by atoms with E-state index in [1.54, 1.807) is 6.07 Å². The summed E-state index contributed by atoms with van der Waals surface area (Å²) in [6.07, 6.45) is 0. The number of ether oxygens (including phenoxy) is 1. The number of nitro groups is 1. The second-order valence-electron chi connectivity index (χ2n) is 7.24. The molecule has 2 aromatic rings. The van der Waals surface area contributed by atoms with Gasteiger partial charge in [-0.25, -0.2) is 0 Å². The Kier molecular flexibility index (Phi) is 6.96. The van der Waals surface area contributed by atoms with Crippen molar-refractivity contribution in [3.8, 4) is 0 Å². The predicted octanol–water partition coefficient (Wildman–Crippen LogP) is 3.68. The van der Waals surface area contributed by atoms with Crippen LogP contribution in [0.1, 0.15) is 35.7 Å². The molecular weight excluding hydrogens is 404 g/mol. The normalized spacial score (nSPS) is 13.8. The summed E-state index contributed by atoms with van der Waals surface area (Å²) in [6, 6.07) is 12.0. The van der Waals surface area contributed by atoms with E-state index in [1.807, 2.05) is 29.2 Å². The molecule has 1 saturated heterocycles. The quantitative estimate of drug-likeness (QED) is 0.426. The first-order valence-electron chi connectivity index (χ1n) is 9.68. The van der Waals surface area contributed by atoms with E-state index in [0.29, 0.717) is 37.9 Å². The Morgan fingerprint density at radius 1 is 1.17 bits per heavy atom. The van der Waals surface area contributed by atoms with Gasteiger partial charge in [-0.15, -0.1) is 0 Å². The van der Waals surface area contributed by atoms with E-state index in [1.165, 1.54) is 17.7 Å². The lowest BCUT2D eigenvalue weighted by atomic mass is 10.0. The largest absolute Gasteiger partial charge is 0.378 e. The van der Waals surface area contributed by atoms with E-state index in [9.17, 15) is 14.9 Å². The molecule has 1 amide bonds. The van der Waals surface area contributed by atoms with E-state index < -0.39 is 10.8 Å². The van der Waals surface area contributed by atoms with Crippen LogP contribution in [0, 0.1) is 10.1 Å². The Morgan fingerprint density at radius 3 is 2.43 bits per heavy atom. The fourth-order valence-electron chi connectivity index (χ4n) is 3.18. The lowest BCUT2D eigenvalue weighted by Crippen LogP contribution is -2.39. The first-order chi connectivity index (χ1) is 14.3. The highest BCUT2D eigenvalue weighted by atomic mass is 32.1. The summed E-state index contributed by atoms with van der Waals surface area (Å²) in [5, 5.41) is 16.9. The van der Waals surface area contributed by atoms with Crippen molar-refractivity contribution in [2.45, 2.75) is 19.8 Å². The highest BCUT2D eigenvalue weighted by Gasteiger charge is 2.22. The molecule has 1 fully saturated rings. The molecule has 0 saturated carbocycles. The first-order valence-corrected chi connectivity index (χ1v) is 10.1. The lowest BCUT2D eigenvalue weighted by molar-refractivity contribution is -0.384. The number of benzene rings is 2. The molecule has 0 spiro atoms. The van der Waals surface area contributed by atoms with Gasteiger partial charge in [0.2, 0.25) is 0 Å². The van der Waals surface area contributed by atoms with Crippen LogP contribution >= 0.6 is 12.2 Å². The summed E-state index contributed by atoms with van der Waals surface area (Å²) < 4.78 is 5.36. The van der Waals surface area contributed by atoms with Gasteiger partial charge in [0, 0.05) is 30.9 Å². The number of carbonyl (C=O) groups is 1. The Morgan fingerprint density at radius 2 is 1.83 bits per heavy atom. The van der Waals surface area contributed by atoms with Crippen LogP contribution in [0.15, 0.2) is 42.5 Å². The number of hydrogen-bond donors (Lipinski definition) is 2. The lowest BCUT2D eigenvalue weighted by Gasteiger charge is -2.30. The molecule has 0 radical (unpaired) electrons. The number of nitrogens with one attached hydrogen (secondary N) is 2. The van der Waals surface area contributed by atoms with Gasteiger partial charge in [-0.2, -0.15) is 0 Å². The summed E-state index contributed by atoms with van der Waals surface area (Å²) >= 11 is 5.27. The fraction of sp³-hybridized carbons (Fsp3) is 0.333. The average Bonchev–Trinajstić information content (AvgIpc) is 2.74. The minimum atomic E-state index is -0.521. The number of rotatable bonds is 5. The zero-order valence-electron chi connectivity index (χ0n) is 16.9. The molecule has 1 aliphatic rings. The fourth-order valence-corrected chi connectivity index (χ4v) is 3.39. The molecule has 158 valence electrons. The smallest absolute Gasteiger partial charge is 0.270 e. The van der Waals surface area contributed by atoms with Gasteiger partial charge in [-0.1, -0.05) is 26.0 Å². The highest BCUT2D eigenvalue weighted by Crippen LogP contribution is 2.26. The topological polar surface area (TPSA) is 96.7 Å². The van der Waals surface area contributed by atoms with Crippen molar-refractivity contribution < 1.29 is 14.5 Å². The number of thiocarbonyl (C=S) groups is 1. The van der Waals surface area contributed by atoms with Gasteiger partial charge in [-0.05, 0) is 41.9 Å². The zero-order valence-corrected chi connectivity index (χ0v) is 17.7. The number of carbonyl (C=O) groups excluding carboxylic acids is 1. The first kappa shape index (κ1) is 21.7. The van der Waals surface area contributed by atoms with Crippen LogP contribution in [0.2, 0.25) is 0 Å². The van der Waals surface area contributed by atoms with Crippen LogP contribution < -0.4 is 15.5 Å². The van der Waals surface area contributed by atoms with Crippen molar-refractivity contribution in [3.63, 3.8) is 0 Å². The Labute approximate surface area is 180 Å². The van der Waals surface area contributed by atoms with Crippen LogP contribution in [0.4, 0.5) is 17.1 Å². The number of amides is 1. The summed E-state index contributed by atoms with van der Waals surface area (Å²) in [5.41, 5.74) is 2.61. The molecule has 0 unspecified atom stereocenters. The van der Waals surface area contributed by atoms with E-state index >= 15 is 0 Å². The second-order valence-corrected chi connectivity index (χ2v) is 7.65. The number of hydrogen-bond acceptors (Lipinski definition) is 6. The van der Waals surface area contributed by atoms with Gasteiger partial charge in [0.1, 0.15) is 0 Å². The summed E-state index contributed by atoms with van der Waals surface area (Å²) in [7, 11) is 0. The molecule has 8 nitrogen and oxygen atoms in total. The summed E-state index contributed by atoms with van der Waals surface area (Å²) in [4.78, 5) is 25.6. The molecule has 30 heavy (non-hydrogen) atoms. The van der Waals surface area contributed by atoms with Gasteiger partial charge < -0.3 is 15.0 Å². The third kappa shape index (κ3) is 5.31. The SMILES string of the molecule is CC(C)c1ccc(NC(=S)NC(=O)c2cc([N+](=O)[O-])ccc2N2CCOCC2)cc1. The van der Waals surface area contributed by atoms with E-state index in [0.717, 1.165) is 5.69 Å². The van der Waals surface area contributed by atoms with Crippen molar-refractivity contribution in [3.05, 3.63) is 63.7 Å². The predicted molar refractivity (Wildman–Crippen MR) is 120 cm³/mol. The maximum Gasteiger partial charge on any atom is 0.270 e. The van der Waals surface area contributed by atoms with Gasteiger partial charge in [-0.3, -0.25) is 20.2 Å².